The smallest absolute Gasteiger partial charge is 0.0931 e. The number of rotatable bonds is 5. The van der Waals surface area contributed by atoms with Gasteiger partial charge in [0.2, 0.25) is 0 Å². The third-order valence-corrected chi connectivity index (χ3v) is 5.40. The molecule has 0 amide bonds. The minimum absolute atomic E-state index is 0.836. The van der Waals surface area contributed by atoms with Crippen molar-refractivity contribution in [1.29, 1.82) is 0 Å². The topological polar surface area (TPSA) is 12.0 Å². The molecule has 102 valence electrons. The van der Waals surface area contributed by atoms with Gasteiger partial charge in [0, 0.05) is 4.88 Å². The normalized spacial score (nSPS) is 28.5. The summed E-state index contributed by atoms with van der Waals surface area (Å²) in [4.78, 5) is 1.46. The Morgan fingerprint density at radius 1 is 1.33 bits per heavy atom. The van der Waals surface area contributed by atoms with Gasteiger partial charge in [0.25, 0.3) is 0 Å². The molecular formula is C15H24ClNS. The second kappa shape index (κ2) is 6.93. The molecule has 0 radical (unpaired) electrons. The molecule has 3 heteroatoms. The lowest BCUT2D eigenvalue weighted by Gasteiger charge is -2.35. The number of nitrogens with one attached hydrogen (secondary N) is 1. The first-order chi connectivity index (χ1) is 8.69. The SMILES string of the molecule is CCNCC1CCC(C)CC1Cc1ccc(Cl)s1. The molecule has 0 aliphatic heterocycles. The molecule has 0 bridgehead atoms. The highest BCUT2D eigenvalue weighted by molar-refractivity contribution is 7.16. The number of hydrogen-bond donors (Lipinski definition) is 1. The molecular weight excluding hydrogens is 262 g/mol. The van der Waals surface area contributed by atoms with Gasteiger partial charge in [0.1, 0.15) is 0 Å². The molecule has 1 aliphatic carbocycles. The monoisotopic (exact) mass is 285 g/mol. The molecule has 0 spiro atoms. The van der Waals surface area contributed by atoms with Crippen molar-refractivity contribution >= 4 is 22.9 Å². The largest absolute Gasteiger partial charge is 0.317 e. The van der Waals surface area contributed by atoms with E-state index in [0.717, 1.165) is 28.6 Å². The molecule has 1 N–H and O–H groups in total. The van der Waals surface area contributed by atoms with E-state index in [1.54, 1.807) is 11.3 Å². The van der Waals surface area contributed by atoms with E-state index in [1.165, 1.54) is 37.1 Å². The van der Waals surface area contributed by atoms with Gasteiger partial charge in [0.15, 0.2) is 0 Å². The van der Waals surface area contributed by atoms with Gasteiger partial charge in [0.05, 0.1) is 4.34 Å². The van der Waals surface area contributed by atoms with E-state index >= 15 is 0 Å². The van der Waals surface area contributed by atoms with Gasteiger partial charge in [-0.05, 0) is 62.2 Å². The van der Waals surface area contributed by atoms with Crippen LogP contribution in [0.15, 0.2) is 12.1 Å². The standard InChI is InChI=1S/C15H24ClNS/c1-3-17-10-12-5-4-11(2)8-13(12)9-14-6-7-15(16)18-14/h6-7,11-13,17H,3-5,8-10H2,1-2H3. The zero-order valence-electron chi connectivity index (χ0n) is 11.4. The zero-order valence-corrected chi connectivity index (χ0v) is 13.0. The molecule has 1 aromatic heterocycles. The highest BCUT2D eigenvalue weighted by Gasteiger charge is 2.28. The molecule has 0 aromatic carbocycles. The van der Waals surface area contributed by atoms with Crippen LogP contribution < -0.4 is 5.32 Å². The van der Waals surface area contributed by atoms with Crippen molar-refractivity contribution in [2.45, 2.75) is 39.5 Å². The Morgan fingerprint density at radius 3 is 2.83 bits per heavy atom. The Hall–Kier alpha value is -0.0500. The van der Waals surface area contributed by atoms with Crippen LogP contribution in [0.2, 0.25) is 4.34 Å². The minimum Gasteiger partial charge on any atom is -0.317 e. The van der Waals surface area contributed by atoms with Crippen molar-refractivity contribution < 1.29 is 0 Å². The Kier molecular flexibility index (Phi) is 5.53. The Morgan fingerprint density at radius 2 is 2.17 bits per heavy atom. The van der Waals surface area contributed by atoms with Gasteiger partial charge in [-0.1, -0.05) is 31.9 Å². The van der Waals surface area contributed by atoms with E-state index in [2.05, 4.69) is 25.2 Å². The first kappa shape index (κ1) is 14.4. The van der Waals surface area contributed by atoms with Gasteiger partial charge >= 0.3 is 0 Å². The summed E-state index contributed by atoms with van der Waals surface area (Å²) in [6.07, 6.45) is 5.39. The highest BCUT2D eigenvalue weighted by Crippen LogP contribution is 2.37. The third-order valence-electron chi connectivity index (χ3n) is 4.15. The molecule has 2 rings (SSSR count). The summed E-state index contributed by atoms with van der Waals surface area (Å²) in [6.45, 7) is 6.87. The molecule has 1 aromatic rings. The average molecular weight is 286 g/mol. The van der Waals surface area contributed by atoms with E-state index in [4.69, 9.17) is 11.6 Å². The quantitative estimate of drug-likeness (QED) is 0.833. The highest BCUT2D eigenvalue weighted by atomic mass is 35.5. The van der Waals surface area contributed by atoms with Gasteiger partial charge in [-0.2, -0.15) is 0 Å². The van der Waals surface area contributed by atoms with Crippen molar-refractivity contribution in [3.8, 4) is 0 Å². The summed E-state index contributed by atoms with van der Waals surface area (Å²) in [6, 6.07) is 4.24. The van der Waals surface area contributed by atoms with E-state index < -0.39 is 0 Å². The van der Waals surface area contributed by atoms with Crippen LogP contribution in [0.5, 0.6) is 0 Å². The number of thiophene rings is 1. The average Bonchev–Trinajstić information content (AvgIpc) is 2.74. The van der Waals surface area contributed by atoms with Crippen molar-refractivity contribution in [3.05, 3.63) is 21.3 Å². The lowest BCUT2D eigenvalue weighted by atomic mass is 9.73. The van der Waals surface area contributed by atoms with Crippen LogP contribution in [-0.4, -0.2) is 13.1 Å². The van der Waals surface area contributed by atoms with E-state index in [0.29, 0.717) is 0 Å². The Balaban J connectivity index is 1.96. The predicted molar refractivity (Wildman–Crippen MR) is 81.6 cm³/mol. The second-order valence-corrected chi connectivity index (χ2v) is 7.46. The van der Waals surface area contributed by atoms with Gasteiger partial charge in [-0.3, -0.25) is 0 Å². The summed E-state index contributed by atoms with van der Waals surface area (Å²) in [5, 5.41) is 3.53. The van der Waals surface area contributed by atoms with Crippen LogP contribution in [0.4, 0.5) is 0 Å². The van der Waals surface area contributed by atoms with Crippen molar-refractivity contribution in [3.63, 3.8) is 0 Å². The van der Waals surface area contributed by atoms with Gasteiger partial charge in [-0.25, -0.2) is 0 Å². The number of hydrogen-bond acceptors (Lipinski definition) is 2. The summed E-state index contributed by atoms with van der Waals surface area (Å²) in [7, 11) is 0. The fraction of sp³-hybridized carbons (Fsp3) is 0.733. The fourth-order valence-corrected chi connectivity index (χ4v) is 4.31. The van der Waals surface area contributed by atoms with Crippen LogP contribution >= 0.6 is 22.9 Å². The van der Waals surface area contributed by atoms with Crippen molar-refractivity contribution in [2.75, 3.05) is 13.1 Å². The maximum absolute atomic E-state index is 6.03. The van der Waals surface area contributed by atoms with E-state index in [1.807, 2.05) is 6.07 Å². The number of halogens is 1. The maximum Gasteiger partial charge on any atom is 0.0931 e. The molecule has 3 atom stereocenters. The van der Waals surface area contributed by atoms with Crippen molar-refractivity contribution in [1.82, 2.24) is 5.32 Å². The van der Waals surface area contributed by atoms with Crippen LogP contribution in [-0.2, 0) is 6.42 Å². The lowest BCUT2D eigenvalue weighted by Crippen LogP contribution is -2.33. The molecule has 0 saturated heterocycles. The van der Waals surface area contributed by atoms with E-state index in [9.17, 15) is 0 Å². The summed E-state index contributed by atoms with van der Waals surface area (Å²) < 4.78 is 0.928. The first-order valence-corrected chi connectivity index (χ1v) is 8.33. The Bertz CT molecular complexity index is 361. The van der Waals surface area contributed by atoms with E-state index in [-0.39, 0.29) is 0 Å². The van der Waals surface area contributed by atoms with Crippen LogP contribution in [0.25, 0.3) is 0 Å². The van der Waals surface area contributed by atoms with Crippen LogP contribution in [0.3, 0.4) is 0 Å². The second-order valence-electron chi connectivity index (χ2n) is 5.66. The first-order valence-electron chi connectivity index (χ1n) is 7.14. The lowest BCUT2D eigenvalue weighted by molar-refractivity contribution is 0.185. The molecule has 1 fully saturated rings. The summed E-state index contributed by atoms with van der Waals surface area (Å²) >= 11 is 7.79. The fourth-order valence-electron chi connectivity index (χ4n) is 3.13. The third kappa shape index (κ3) is 3.97. The van der Waals surface area contributed by atoms with Crippen LogP contribution in [0.1, 0.15) is 38.0 Å². The Labute approximate surface area is 120 Å². The van der Waals surface area contributed by atoms with Gasteiger partial charge in [-0.15, -0.1) is 11.3 Å². The molecule has 1 saturated carbocycles. The van der Waals surface area contributed by atoms with Crippen molar-refractivity contribution in [2.24, 2.45) is 17.8 Å². The summed E-state index contributed by atoms with van der Waals surface area (Å²) in [5.41, 5.74) is 0. The molecule has 1 aliphatic rings. The molecule has 3 unspecified atom stereocenters. The van der Waals surface area contributed by atoms with Gasteiger partial charge < -0.3 is 5.32 Å². The summed E-state index contributed by atoms with van der Waals surface area (Å²) in [5.74, 6) is 2.58. The molecule has 1 heterocycles. The molecule has 18 heavy (non-hydrogen) atoms. The zero-order chi connectivity index (χ0) is 13.0. The predicted octanol–water partition coefficient (Wildman–Crippen LogP) is 4.61. The maximum atomic E-state index is 6.03. The van der Waals surface area contributed by atoms with Crippen LogP contribution in [0, 0.1) is 17.8 Å². The minimum atomic E-state index is 0.836. The molecule has 1 nitrogen and oxygen atoms in total.